The molecule has 27 heavy (non-hydrogen) atoms. The summed E-state index contributed by atoms with van der Waals surface area (Å²) in [6, 6.07) is 7.04. The van der Waals surface area contributed by atoms with Gasteiger partial charge in [0.25, 0.3) is 5.91 Å². The van der Waals surface area contributed by atoms with Crippen molar-refractivity contribution >= 4 is 16.8 Å². The van der Waals surface area contributed by atoms with Gasteiger partial charge in [-0.1, -0.05) is 16.8 Å². The van der Waals surface area contributed by atoms with Gasteiger partial charge in [-0.15, -0.1) is 5.10 Å². The zero-order valence-electron chi connectivity index (χ0n) is 14.9. The number of pyridine rings is 1. The van der Waals surface area contributed by atoms with Crippen LogP contribution in [-0.4, -0.2) is 50.0 Å². The van der Waals surface area contributed by atoms with Crippen LogP contribution in [0.1, 0.15) is 34.1 Å². The van der Waals surface area contributed by atoms with Crippen molar-refractivity contribution in [2.24, 2.45) is 0 Å². The van der Waals surface area contributed by atoms with E-state index in [0.717, 1.165) is 23.1 Å². The van der Waals surface area contributed by atoms with E-state index in [2.05, 4.69) is 15.3 Å². The number of carbonyl (C=O) groups is 1. The van der Waals surface area contributed by atoms with Crippen LogP contribution in [0.3, 0.4) is 0 Å². The van der Waals surface area contributed by atoms with E-state index in [1.165, 1.54) is 6.07 Å². The molecule has 2 aliphatic heterocycles. The Hall–Kier alpha value is -3.00. The standard InChI is InChI=1S/C19H19N5O3/c1-11-2-3-15-13(6-11)14(7-18(25)21-15)19(26)23-5-4-17-16(9-23)24-12(10-27-17)8-20-22-24/h2-3,6-8,16-17H,4-5,9-10H2,1H3,(H,21,25)/t16-,17+/m1/s1. The number of ether oxygens (including phenoxy) is 1. The van der Waals surface area contributed by atoms with Crippen LogP contribution in [0, 0.1) is 6.92 Å². The number of rotatable bonds is 1. The van der Waals surface area contributed by atoms with Gasteiger partial charge in [0.1, 0.15) is 0 Å². The summed E-state index contributed by atoms with van der Waals surface area (Å²) in [5.74, 6) is -0.137. The molecule has 1 N–H and O–H groups in total. The third-order valence-corrected chi connectivity index (χ3v) is 5.44. The fourth-order valence-corrected chi connectivity index (χ4v) is 4.08. The number of piperidine rings is 1. The Morgan fingerprint density at radius 3 is 3.11 bits per heavy atom. The number of likely N-dealkylation sites (tertiary alicyclic amines) is 1. The molecule has 8 heteroatoms. The molecule has 2 aromatic heterocycles. The van der Waals surface area contributed by atoms with E-state index >= 15 is 0 Å². The normalized spacial score (nSPS) is 21.7. The number of hydrogen-bond donors (Lipinski definition) is 1. The number of fused-ring (bicyclic) bond motifs is 4. The van der Waals surface area contributed by atoms with Crippen molar-refractivity contribution in [1.82, 2.24) is 24.9 Å². The van der Waals surface area contributed by atoms with Crippen LogP contribution in [0.25, 0.3) is 10.9 Å². The summed E-state index contributed by atoms with van der Waals surface area (Å²) >= 11 is 0. The molecule has 2 atom stereocenters. The Balaban J connectivity index is 1.52. The Kier molecular flexibility index (Phi) is 3.61. The highest BCUT2D eigenvalue weighted by Crippen LogP contribution is 2.31. The van der Waals surface area contributed by atoms with Gasteiger partial charge >= 0.3 is 0 Å². The Labute approximate surface area is 154 Å². The molecule has 1 fully saturated rings. The number of nitrogens with zero attached hydrogens (tertiary/aromatic N) is 4. The molecular formula is C19H19N5O3. The van der Waals surface area contributed by atoms with Crippen LogP contribution in [0.15, 0.2) is 35.3 Å². The summed E-state index contributed by atoms with van der Waals surface area (Å²) in [6.07, 6.45) is 2.46. The molecule has 0 aliphatic carbocycles. The minimum atomic E-state index is -0.274. The van der Waals surface area contributed by atoms with Crippen molar-refractivity contribution in [2.75, 3.05) is 13.1 Å². The zero-order chi connectivity index (χ0) is 18.5. The number of carbonyl (C=O) groups excluding carboxylic acids is 1. The van der Waals surface area contributed by atoms with Gasteiger partial charge in [0, 0.05) is 30.1 Å². The maximum absolute atomic E-state index is 13.3. The molecule has 0 saturated carbocycles. The van der Waals surface area contributed by atoms with Crippen LogP contribution >= 0.6 is 0 Å². The topological polar surface area (TPSA) is 93.1 Å². The van der Waals surface area contributed by atoms with Gasteiger partial charge < -0.3 is 14.6 Å². The summed E-state index contributed by atoms with van der Waals surface area (Å²) < 4.78 is 7.78. The van der Waals surface area contributed by atoms with E-state index in [1.54, 1.807) is 11.1 Å². The SMILES string of the molecule is Cc1ccc2[nH]c(=O)cc(C(=O)N3CC[C@@H]4OCc5cnnn5[C@@H]4C3)c2c1. The van der Waals surface area contributed by atoms with E-state index in [4.69, 9.17) is 4.74 Å². The van der Waals surface area contributed by atoms with E-state index in [0.29, 0.717) is 30.8 Å². The quantitative estimate of drug-likeness (QED) is 0.704. The number of aromatic nitrogens is 4. The highest BCUT2D eigenvalue weighted by atomic mass is 16.5. The second kappa shape index (κ2) is 6.02. The Morgan fingerprint density at radius 1 is 1.33 bits per heavy atom. The highest BCUT2D eigenvalue weighted by Gasteiger charge is 2.38. The predicted octanol–water partition coefficient (Wildman–Crippen LogP) is 1.41. The number of nitrogens with one attached hydrogen (secondary N) is 1. The van der Waals surface area contributed by atoms with Gasteiger partial charge in [0.15, 0.2) is 0 Å². The Bertz CT molecular complexity index is 1100. The first-order valence-electron chi connectivity index (χ1n) is 9.04. The molecular weight excluding hydrogens is 346 g/mol. The maximum Gasteiger partial charge on any atom is 0.254 e. The van der Waals surface area contributed by atoms with Crippen molar-refractivity contribution in [3.8, 4) is 0 Å². The average Bonchev–Trinajstić information content (AvgIpc) is 3.16. The first kappa shape index (κ1) is 16.2. The van der Waals surface area contributed by atoms with Crippen molar-refractivity contribution in [1.29, 1.82) is 0 Å². The number of aromatic amines is 1. The number of hydrogen-bond acceptors (Lipinski definition) is 5. The number of amides is 1. The van der Waals surface area contributed by atoms with Crippen molar-refractivity contribution < 1.29 is 9.53 Å². The van der Waals surface area contributed by atoms with Gasteiger partial charge in [-0.25, -0.2) is 4.68 Å². The lowest BCUT2D eigenvalue weighted by Gasteiger charge is -2.41. The molecule has 3 aromatic rings. The molecule has 2 aliphatic rings. The van der Waals surface area contributed by atoms with E-state index < -0.39 is 0 Å². The summed E-state index contributed by atoms with van der Waals surface area (Å²) in [7, 11) is 0. The molecule has 1 amide bonds. The van der Waals surface area contributed by atoms with Gasteiger partial charge in [-0.3, -0.25) is 9.59 Å². The van der Waals surface area contributed by atoms with Crippen LogP contribution in [-0.2, 0) is 11.3 Å². The number of aryl methyl sites for hydroxylation is 1. The van der Waals surface area contributed by atoms with Gasteiger partial charge in [0.2, 0.25) is 5.56 Å². The summed E-state index contributed by atoms with van der Waals surface area (Å²) in [5, 5.41) is 8.91. The molecule has 1 aromatic carbocycles. The van der Waals surface area contributed by atoms with E-state index in [9.17, 15) is 9.59 Å². The van der Waals surface area contributed by atoms with E-state index in [-0.39, 0.29) is 23.6 Å². The number of H-pyrrole nitrogens is 1. The highest BCUT2D eigenvalue weighted by molar-refractivity contribution is 6.06. The summed E-state index contributed by atoms with van der Waals surface area (Å²) in [5.41, 5.74) is 2.79. The molecule has 0 radical (unpaired) electrons. The monoisotopic (exact) mass is 365 g/mol. The molecule has 1 saturated heterocycles. The van der Waals surface area contributed by atoms with Crippen LogP contribution in [0.4, 0.5) is 0 Å². The van der Waals surface area contributed by atoms with Gasteiger partial charge in [-0.05, 0) is 25.5 Å². The summed E-state index contributed by atoms with van der Waals surface area (Å²) in [4.78, 5) is 29.9. The molecule has 4 heterocycles. The molecule has 138 valence electrons. The first-order chi connectivity index (χ1) is 13.1. The lowest BCUT2D eigenvalue weighted by Crippen LogP contribution is -2.50. The van der Waals surface area contributed by atoms with Crippen LogP contribution in [0.5, 0.6) is 0 Å². The lowest BCUT2D eigenvalue weighted by molar-refractivity contribution is -0.0604. The average molecular weight is 365 g/mol. The van der Waals surface area contributed by atoms with Crippen LogP contribution in [0.2, 0.25) is 0 Å². The van der Waals surface area contributed by atoms with Crippen molar-refractivity contribution in [2.45, 2.75) is 32.1 Å². The second-order valence-corrected chi connectivity index (χ2v) is 7.22. The second-order valence-electron chi connectivity index (χ2n) is 7.22. The van der Waals surface area contributed by atoms with Crippen molar-refractivity contribution in [3.63, 3.8) is 0 Å². The first-order valence-corrected chi connectivity index (χ1v) is 9.04. The Morgan fingerprint density at radius 2 is 2.22 bits per heavy atom. The predicted molar refractivity (Wildman–Crippen MR) is 97.5 cm³/mol. The summed E-state index contributed by atoms with van der Waals surface area (Å²) in [6.45, 7) is 3.54. The van der Waals surface area contributed by atoms with Gasteiger partial charge in [0.05, 0.1) is 36.2 Å². The van der Waals surface area contributed by atoms with Crippen molar-refractivity contribution in [3.05, 3.63) is 57.6 Å². The molecule has 0 unspecified atom stereocenters. The number of benzene rings is 1. The minimum absolute atomic E-state index is 0.0291. The third-order valence-electron chi connectivity index (χ3n) is 5.44. The fourth-order valence-electron chi connectivity index (χ4n) is 4.08. The molecule has 5 rings (SSSR count). The molecule has 0 spiro atoms. The van der Waals surface area contributed by atoms with Crippen LogP contribution < -0.4 is 5.56 Å². The fraction of sp³-hybridized carbons (Fsp3) is 0.368. The largest absolute Gasteiger partial charge is 0.370 e. The third kappa shape index (κ3) is 2.64. The zero-order valence-corrected chi connectivity index (χ0v) is 14.9. The maximum atomic E-state index is 13.3. The molecule has 0 bridgehead atoms. The van der Waals surface area contributed by atoms with Gasteiger partial charge in [-0.2, -0.15) is 0 Å². The minimum Gasteiger partial charge on any atom is -0.370 e. The lowest BCUT2D eigenvalue weighted by atomic mass is 9.98. The molecule has 8 nitrogen and oxygen atoms in total. The van der Waals surface area contributed by atoms with E-state index in [1.807, 2.05) is 29.8 Å². The smallest absolute Gasteiger partial charge is 0.254 e.